The molecule has 5 nitrogen and oxygen atoms in total. The Balaban J connectivity index is 1.70. The maximum atomic E-state index is 4.65. The van der Waals surface area contributed by atoms with Crippen molar-refractivity contribution in [3.8, 4) is 0 Å². The van der Waals surface area contributed by atoms with Gasteiger partial charge in [0.25, 0.3) is 0 Å². The lowest BCUT2D eigenvalue weighted by Crippen LogP contribution is -2.49. The van der Waals surface area contributed by atoms with Gasteiger partial charge in [-0.05, 0) is 26.1 Å². The number of aromatic nitrogens is 2. The van der Waals surface area contributed by atoms with Crippen molar-refractivity contribution < 1.29 is 0 Å². The molecule has 1 atom stereocenters. The van der Waals surface area contributed by atoms with E-state index in [0.29, 0.717) is 6.04 Å². The second kappa shape index (κ2) is 7.15. The molecule has 0 spiro atoms. The number of likely N-dealkylation sites (N-methyl/N-ethyl adjacent to an activating group) is 1. The number of para-hydroxylation sites is 1. The molecule has 5 heteroatoms. The highest BCUT2D eigenvalue weighted by Gasteiger charge is 2.27. The number of anilines is 1. The third kappa shape index (κ3) is 3.41. The number of hydrogen-bond acceptors (Lipinski definition) is 4. The fourth-order valence-electron chi connectivity index (χ4n) is 3.36. The molecule has 0 aliphatic carbocycles. The average Bonchev–Trinajstić information content (AvgIpc) is 2.93. The Hall–Kier alpha value is -1.85. The number of rotatable bonds is 5. The molecule has 1 aliphatic heterocycles. The molecule has 0 amide bonds. The van der Waals surface area contributed by atoms with Crippen molar-refractivity contribution in [1.82, 2.24) is 19.8 Å². The number of nitrogens with zero attached hydrogens (tertiary/aromatic N) is 4. The molecular weight excluding hydrogens is 286 g/mol. The van der Waals surface area contributed by atoms with Crippen LogP contribution in [-0.4, -0.2) is 54.2 Å². The fraction of sp³-hybridized carbons (Fsp3) is 0.500. The lowest BCUT2D eigenvalue weighted by Gasteiger charge is -2.40. The number of aryl methyl sites for hydroxylation is 1. The van der Waals surface area contributed by atoms with Gasteiger partial charge in [0.2, 0.25) is 0 Å². The van der Waals surface area contributed by atoms with Crippen molar-refractivity contribution in [3.63, 3.8) is 0 Å². The van der Waals surface area contributed by atoms with E-state index in [1.54, 1.807) is 0 Å². The van der Waals surface area contributed by atoms with E-state index in [9.17, 15) is 0 Å². The molecule has 0 saturated carbocycles. The van der Waals surface area contributed by atoms with Gasteiger partial charge in [0.15, 0.2) is 0 Å². The minimum atomic E-state index is 0.346. The maximum absolute atomic E-state index is 4.65. The summed E-state index contributed by atoms with van der Waals surface area (Å²) in [5, 5.41) is 3.34. The highest BCUT2D eigenvalue weighted by molar-refractivity contribution is 5.46. The minimum Gasteiger partial charge on any atom is -0.369 e. The summed E-state index contributed by atoms with van der Waals surface area (Å²) in [6, 6.07) is 11.0. The number of imidazole rings is 1. The largest absolute Gasteiger partial charge is 0.369 e. The number of hydrogen-bond donors (Lipinski definition) is 1. The molecule has 1 aromatic carbocycles. The topological polar surface area (TPSA) is 36.3 Å². The lowest BCUT2D eigenvalue weighted by atomic mass is 10.1. The average molecular weight is 313 g/mol. The summed E-state index contributed by atoms with van der Waals surface area (Å²) in [5.74, 6) is 0. The molecule has 23 heavy (non-hydrogen) atoms. The first-order valence-corrected chi connectivity index (χ1v) is 8.37. The zero-order valence-corrected chi connectivity index (χ0v) is 14.4. The smallest absolute Gasteiger partial charge is 0.0949 e. The fourth-order valence-corrected chi connectivity index (χ4v) is 3.36. The standard InChI is InChI=1S/C18H27N5/c1-15-18(20-14-21(15)3)17(13-19-2)23-11-9-22(10-12-23)16-7-5-4-6-8-16/h4-8,14,17,19H,9-13H2,1-3H3. The van der Waals surface area contributed by atoms with Crippen molar-refractivity contribution in [3.05, 3.63) is 48.0 Å². The molecule has 1 fully saturated rings. The summed E-state index contributed by atoms with van der Waals surface area (Å²) in [6.45, 7) is 7.36. The van der Waals surface area contributed by atoms with Gasteiger partial charge in [0.05, 0.1) is 18.1 Å². The summed E-state index contributed by atoms with van der Waals surface area (Å²) < 4.78 is 2.11. The van der Waals surface area contributed by atoms with E-state index in [0.717, 1.165) is 32.7 Å². The summed E-state index contributed by atoms with van der Waals surface area (Å²) in [6.07, 6.45) is 1.92. The summed E-state index contributed by atoms with van der Waals surface area (Å²) in [5.41, 5.74) is 3.79. The molecule has 0 radical (unpaired) electrons. The molecule has 1 N–H and O–H groups in total. The molecular formula is C18H27N5. The molecule has 3 rings (SSSR count). The van der Waals surface area contributed by atoms with Gasteiger partial charge in [-0.25, -0.2) is 4.98 Å². The highest BCUT2D eigenvalue weighted by Crippen LogP contribution is 2.24. The van der Waals surface area contributed by atoms with Crippen molar-refractivity contribution in [1.29, 1.82) is 0 Å². The van der Waals surface area contributed by atoms with E-state index in [-0.39, 0.29) is 0 Å². The number of benzene rings is 1. The zero-order chi connectivity index (χ0) is 16.2. The van der Waals surface area contributed by atoms with Gasteiger partial charge >= 0.3 is 0 Å². The first kappa shape index (κ1) is 16.0. The van der Waals surface area contributed by atoms with Gasteiger partial charge in [-0.2, -0.15) is 0 Å². The predicted octanol–water partition coefficient (Wildman–Crippen LogP) is 1.81. The van der Waals surface area contributed by atoms with Crippen LogP contribution >= 0.6 is 0 Å². The van der Waals surface area contributed by atoms with E-state index >= 15 is 0 Å². The Morgan fingerprint density at radius 3 is 2.39 bits per heavy atom. The molecule has 124 valence electrons. The summed E-state index contributed by atoms with van der Waals surface area (Å²) >= 11 is 0. The van der Waals surface area contributed by atoms with Crippen molar-refractivity contribution in [2.24, 2.45) is 7.05 Å². The molecule has 2 aromatic rings. The normalized spacial score (nSPS) is 17.4. The minimum absolute atomic E-state index is 0.346. The van der Waals surface area contributed by atoms with Crippen molar-refractivity contribution in [2.75, 3.05) is 44.7 Å². The monoisotopic (exact) mass is 313 g/mol. The summed E-state index contributed by atoms with van der Waals surface area (Å²) in [4.78, 5) is 9.69. The quantitative estimate of drug-likeness (QED) is 0.913. The molecule has 1 aliphatic rings. The molecule has 1 saturated heterocycles. The van der Waals surface area contributed by atoms with E-state index < -0.39 is 0 Å². The van der Waals surface area contributed by atoms with Crippen LogP contribution in [0.1, 0.15) is 17.4 Å². The van der Waals surface area contributed by atoms with Crippen molar-refractivity contribution >= 4 is 5.69 Å². The van der Waals surface area contributed by atoms with Crippen LogP contribution in [0.3, 0.4) is 0 Å². The van der Waals surface area contributed by atoms with E-state index in [2.05, 4.69) is 69.0 Å². The Labute approximate surface area is 138 Å². The second-order valence-corrected chi connectivity index (χ2v) is 6.26. The SMILES string of the molecule is CNCC(c1ncn(C)c1C)N1CCN(c2ccccc2)CC1. The first-order chi connectivity index (χ1) is 11.2. The van der Waals surface area contributed by atoms with Gasteiger partial charge in [0.1, 0.15) is 0 Å². The van der Waals surface area contributed by atoms with Gasteiger partial charge in [0, 0.05) is 51.2 Å². The molecule has 1 unspecified atom stereocenters. The third-order valence-corrected chi connectivity index (χ3v) is 4.86. The van der Waals surface area contributed by atoms with Crippen LogP contribution in [0.5, 0.6) is 0 Å². The van der Waals surface area contributed by atoms with Gasteiger partial charge in [-0.3, -0.25) is 4.90 Å². The number of piperazine rings is 1. The Morgan fingerprint density at radius 1 is 1.13 bits per heavy atom. The van der Waals surface area contributed by atoms with Crippen LogP contribution in [-0.2, 0) is 7.05 Å². The van der Waals surface area contributed by atoms with Crippen LogP contribution in [0.2, 0.25) is 0 Å². The van der Waals surface area contributed by atoms with Crippen LogP contribution in [0.25, 0.3) is 0 Å². The number of nitrogens with one attached hydrogen (secondary N) is 1. The van der Waals surface area contributed by atoms with E-state index in [1.165, 1.54) is 17.1 Å². The van der Waals surface area contributed by atoms with Gasteiger partial charge in [-0.15, -0.1) is 0 Å². The van der Waals surface area contributed by atoms with Gasteiger partial charge in [-0.1, -0.05) is 18.2 Å². The summed E-state index contributed by atoms with van der Waals surface area (Å²) in [7, 11) is 4.08. The molecule has 1 aromatic heterocycles. The zero-order valence-electron chi connectivity index (χ0n) is 14.4. The Bertz CT molecular complexity index is 614. The van der Waals surface area contributed by atoms with Crippen LogP contribution in [0.15, 0.2) is 36.7 Å². The van der Waals surface area contributed by atoms with E-state index in [4.69, 9.17) is 0 Å². The Morgan fingerprint density at radius 2 is 1.83 bits per heavy atom. The van der Waals surface area contributed by atoms with Crippen molar-refractivity contribution in [2.45, 2.75) is 13.0 Å². The third-order valence-electron chi connectivity index (χ3n) is 4.86. The van der Waals surface area contributed by atoms with Crippen LogP contribution < -0.4 is 10.2 Å². The Kier molecular flexibility index (Phi) is 4.98. The van der Waals surface area contributed by atoms with Gasteiger partial charge < -0.3 is 14.8 Å². The molecule has 0 bridgehead atoms. The van der Waals surface area contributed by atoms with E-state index in [1.807, 2.05) is 13.4 Å². The first-order valence-electron chi connectivity index (χ1n) is 8.37. The second-order valence-electron chi connectivity index (χ2n) is 6.26. The predicted molar refractivity (Wildman–Crippen MR) is 94.8 cm³/mol. The van der Waals surface area contributed by atoms with Crippen LogP contribution in [0, 0.1) is 6.92 Å². The van der Waals surface area contributed by atoms with Crippen LogP contribution in [0.4, 0.5) is 5.69 Å². The highest BCUT2D eigenvalue weighted by atomic mass is 15.3. The lowest BCUT2D eigenvalue weighted by molar-refractivity contribution is 0.180. The maximum Gasteiger partial charge on any atom is 0.0949 e. The molecule has 2 heterocycles.